The fraction of sp³-hybridized carbons (Fsp3) is 0.462. The van der Waals surface area contributed by atoms with E-state index in [1.54, 1.807) is 0 Å². The van der Waals surface area contributed by atoms with Gasteiger partial charge in [-0.25, -0.2) is 8.42 Å². The minimum atomic E-state index is -3.95. The van der Waals surface area contributed by atoms with Crippen LogP contribution >= 0.6 is 23.2 Å². The first-order valence-electron chi connectivity index (χ1n) is 6.42. The Labute approximate surface area is 133 Å². The molecule has 5 nitrogen and oxygen atoms in total. The third kappa shape index (κ3) is 3.34. The second kappa shape index (κ2) is 6.12. The lowest BCUT2D eigenvalue weighted by Crippen LogP contribution is -2.36. The predicted octanol–water partition coefficient (Wildman–Crippen LogP) is 2.83. The highest BCUT2D eigenvalue weighted by atomic mass is 35.5. The Kier molecular flexibility index (Phi) is 4.82. The highest BCUT2D eigenvalue weighted by Crippen LogP contribution is 2.38. The molecule has 0 amide bonds. The van der Waals surface area contributed by atoms with Gasteiger partial charge in [-0.1, -0.05) is 23.2 Å². The standard InChI is InChI=1S/C13H15Cl2NO4S/c1-8(17)5-10-3-2-4-16(10)21(19,20)12-7-9(14)6-11(15)13(12)18/h6-7,10,18H,2-5H2,1H3. The number of halogens is 2. The molecule has 1 N–H and O–H groups in total. The Morgan fingerprint density at radius 2 is 2.10 bits per heavy atom. The molecular formula is C13H15Cl2NO4S. The number of hydrogen-bond acceptors (Lipinski definition) is 4. The van der Waals surface area contributed by atoms with E-state index in [4.69, 9.17) is 23.2 Å². The molecule has 0 radical (unpaired) electrons. The number of nitrogens with zero attached hydrogens (tertiary/aromatic N) is 1. The number of benzene rings is 1. The van der Waals surface area contributed by atoms with Crippen molar-refractivity contribution in [1.82, 2.24) is 4.31 Å². The van der Waals surface area contributed by atoms with Crippen LogP contribution in [0.2, 0.25) is 10.0 Å². The summed E-state index contributed by atoms with van der Waals surface area (Å²) in [6.45, 7) is 1.74. The van der Waals surface area contributed by atoms with E-state index in [9.17, 15) is 18.3 Å². The molecule has 1 aromatic rings. The van der Waals surface area contributed by atoms with Gasteiger partial charge in [-0.3, -0.25) is 4.79 Å². The topological polar surface area (TPSA) is 74.7 Å². The summed E-state index contributed by atoms with van der Waals surface area (Å²) < 4.78 is 26.6. The number of phenols is 1. The Morgan fingerprint density at radius 1 is 1.43 bits per heavy atom. The molecule has 1 heterocycles. The third-order valence-electron chi connectivity index (χ3n) is 3.43. The highest BCUT2D eigenvalue weighted by molar-refractivity contribution is 7.89. The molecule has 0 saturated carbocycles. The summed E-state index contributed by atoms with van der Waals surface area (Å²) in [6, 6.07) is 2.06. The molecule has 2 rings (SSSR count). The van der Waals surface area contributed by atoms with Crippen LogP contribution in [-0.2, 0) is 14.8 Å². The summed E-state index contributed by atoms with van der Waals surface area (Å²) in [5, 5.41) is 9.92. The van der Waals surface area contributed by atoms with Crippen molar-refractivity contribution in [2.24, 2.45) is 0 Å². The zero-order valence-corrected chi connectivity index (χ0v) is 13.7. The van der Waals surface area contributed by atoms with Crippen molar-refractivity contribution in [1.29, 1.82) is 0 Å². The number of ketones is 1. The lowest BCUT2D eigenvalue weighted by molar-refractivity contribution is -0.117. The first-order chi connectivity index (χ1) is 9.73. The Hall–Kier alpha value is -0.820. The van der Waals surface area contributed by atoms with Crippen LogP contribution in [0.1, 0.15) is 26.2 Å². The summed E-state index contributed by atoms with van der Waals surface area (Å²) >= 11 is 11.6. The van der Waals surface area contributed by atoms with E-state index in [1.807, 2.05) is 0 Å². The Bertz CT molecular complexity index is 675. The molecule has 1 aliphatic heterocycles. The van der Waals surface area contributed by atoms with Crippen LogP contribution in [0.15, 0.2) is 17.0 Å². The molecule has 1 aliphatic rings. The van der Waals surface area contributed by atoms with Gasteiger partial charge in [0.15, 0.2) is 5.75 Å². The maximum Gasteiger partial charge on any atom is 0.247 e. The van der Waals surface area contributed by atoms with Gasteiger partial charge in [0.25, 0.3) is 0 Å². The summed E-state index contributed by atoms with van der Waals surface area (Å²) in [6.07, 6.45) is 1.45. The number of phenolic OH excluding ortho intramolecular Hbond substituents is 1. The first kappa shape index (κ1) is 16.5. The van der Waals surface area contributed by atoms with Crippen molar-refractivity contribution in [2.45, 2.75) is 37.1 Å². The molecule has 0 bridgehead atoms. The average molecular weight is 352 g/mol. The van der Waals surface area contributed by atoms with E-state index in [0.29, 0.717) is 19.4 Å². The van der Waals surface area contributed by atoms with Crippen LogP contribution in [0.3, 0.4) is 0 Å². The minimum Gasteiger partial charge on any atom is -0.505 e. The van der Waals surface area contributed by atoms with Crippen molar-refractivity contribution in [3.63, 3.8) is 0 Å². The SMILES string of the molecule is CC(=O)CC1CCCN1S(=O)(=O)c1cc(Cl)cc(Cl)c1O. The number of carbonyl (C=O) groups is 1. The quantitative estimate of drug-likeness (QED) is 0.904. The van der Waals surface area contributed by atoms with Crippen LogP contribution in [0.4, 0.5) is 0 Å². The summed E-state index contributed by atoms with van der Waals surface area (Å²) in [5.41, 5.74) is 0. The zero-order valence-electron chi connectivity index (χ0n) is 11.3. The normalized spacial score (nSPS) is 19.9. The molecule has 8 heteroatoms. The van der Waals surface area contributed by atoms with Crippen molar-refractivity contribution >= 4 is 39.0 Å². The van der Waals surface area contributed by atoms with Gasteiger partial charge in [0.2, 0.25) is 10.0 Å². The lowest BCUT2D eigenvalue weighted by Gasteiger charge is -2.24. The number of carbonyl (C=O) groups excluding carboxylic acids is 1. The van der Waals surface area contributed by atoms with E-state index in [-0.39, 0.29) is 33.2 Å². The molecule has 0 aliphatic carbocycles. The third-order valence-corrected chi connectivity index (χ3v) is 5.90. The van der Waals surface area contributed by atoms with Gasteiger partial charge in [-0.15, -0.1) is 0 Å². The molecule has 116 valence electrons. The van der Waals surface area contributed by atoms with Gasteiger partial charge in [-0.05, 0) is 31.9 Å². The van der Waals surface area contributed by atoms with Crippen molar-refractivity contribution in [3.05, 3.63) is 22.2 Å². The van der Waals surface area contributed by atoms with E-state index in [2.05, 4.69) is 0 Å². The van der Waals surface area contributed by atoms with Crippen LogP contribution in [0.25, 0.3) is 0 Å². The van der Waals surface area contributed by atoms with E-state index >= 15 is 0 Å². The maximum absolute atomic E-state index is 12.7. The van der Waals surface area contributed by atoms with Gasteiger partial charge in [0.1, 0.15) is 10.7 Å². The number of hydrogen-bond donors (Lipinski definition) is 1. The van der Waals surface area contributed by atoms with Gasteiger partial charge in [-0.2, -0.15) is 4.31 Å². The number of Topliss-reactive ketones (excluding diaryl/α,β-unsaturated/α-hetero) is 1. The van der Waals surface area contributed by atoms with E-state index in [0.717, 1.165) is 0 Å². The number of rotatable bonds is 4. The number of sulfonamides is 1. The first-order valence-corrected chi connectivity index (χ1v) is 8.62. The van der Waals surface area contributed by atoms with Gasteiger partial charge in [0.05, 0.1) is 5.02 Å². The molecule has 21 heavy (non-hydrogen) atoms. The van der Waals surface area contributed by atoms with Gasteiger partial charge < -0.3 is 5.11 Å². The number of aromatic hydroxyl groups is 1. The monoisotopic (exact) mass is 351 g/mol. The largest absolute Gasteiger partial charge is 0.505 e. The average Bonchev–Trinajstić information content (AvgIpc) is 2.81. The van der Waals surface area contributed by atoms with Crippen LogP contribution in [-0.4, -0.2) is 36.2 Å². The smallest absolute Gasteiger partial charge is 0.247 e. The fourth-order valence-electron chi connectivity index (χ4n) is 2.53. The molecule has 0 spiro atoms. The molecule has 0 aromatic heterocycles. The zero-order chi connectivity index (χ0) is 15.8. The molecule has 1 fully saturated rings. The van der Waals surface area contributed by atoms with Crippen LogP contribution < -0.4 is 0 Å². The molecular weight excluding hydrogens is 337 g/mol. The molecule has 1 saturated heterocycles. The summed E-state index contributed by atoms with van der Waals surface area (Å²) in [4.78, 5) is 10.9. The van der Waals surface area contributed by atoms with Gasteiger partial charge >= 0.3 is 0 Å². The second-order valence-electron chi connectivity index (χ2n) is 5.05. The van der Waals surface area contributed by atoms with Crippen LogP contribution in [0.5, 0.6) is 5.75 Å². The van der Waals surface area contributed by atoms with E-state index < -0.39 is 15.8 Å². The predicted molar refractivity (Wildman–Crippen MR) is 80.3 cm³/mol. The van der Waals surface area contributed by atoms with Gasteiger partial charge in [0, 0.05) is 24.0 Å². The summed E-state index contributed by atoms with van der Waals surface area (Å²) in [7, 11) is -3.95. The van der Waals surface area contributed by atoms with Crippen LogP contribution in [0, 0.1) is 0 Å². The second-order valence-corrected chi connectivity index (χ2v) is 7.75. The molecule has 1 aromatic carbocycles. The summed E-state index contributed by atoms with van der Waals surface area (Å²) in [5.74, 6) is -0.593. The van der Waals surface area contributed by atoms with Crippen molar-refractivity contribution in [2.75, 3.05) is 6.54 Å². The van der Waals surface area contributed by atoms with E-state index in [1.165, 1.54) is 23.4 Å². The fourth-order valence-corrected chi connectivity index (χ4v) is 4.97. The Balaban J connectivity index is 2.45. The lowest BCUT2D eigenvalue weighted by atomic mass is 10.1. The maximum atomic E-state index is 12.7. The Morgan fingerprint density at radius 3 is 2.71 bits per heavy atom. The van der Waals surface area contributed by atoms with Crippen molar-refractivity contribution in [3.8, 4) is 5.75 Å². The molecule has 1 atom stereocenters. The van der Waals surface area contributed by atoms with Crippen molar-refractivity contribution < 1.29 is 18.3 Å². The minimum absolute atomic E-state index is 0.0737. The molecule has 1 unspecified atom stereocenters. The highest BCUT2D eigenvalue weighted by Gasteiger charge is 2.37.